The lowest BCUT2D eigenvalue weighted by Gasteiger charge is -2.39. The van der Waals surface area contributed by atoms with E-state index in [2.05, 4.69) is 0 Å². The third-order valence-electron chi connectivity index (χ3n) is 2.79. The first-order valence-electron chi connectivity index (χ1n) is 3.95. The first kappa shape index (κ1) is 8.02. The summed E-state index contributed by atoms with van der Waals surface area (Å²) in [5.74, 6) is 0.233. The average Bonchev–Trinajstić information content (AvgIpc) is 1.84. The predicted octanol–water partition coefficient (Wildman–Crippen LogP) is 0.918. The Morgan fingerprint density at radius 3 is 2.40 bits per heavy atom. The third kappa shape index (κ3) is 1.18. The van der Waals surface area contributed by atoms with Crippen molar-refractivity contribution in [1.29, 1.82) is 0 Å². The van der Waals surface area contributed by atoms with Crippen LogP contribution in [0.4, 0.5) is 0 Å². The number of hydrogen-bond donors (Lipinski definition) is 2. The molecule has 0 aromatic rings. The maximum absolute atomic E-state index is 9.66. The zero-order valence-electron chi connectivity index (χ0n) is 6.67. The van der Waals surface area contributed by atoms with Gasteiger partial charge in [-0.05, 0) is 25.7 Å². The van der Waals surface area contributed by atoms with Crippen molar-refractivity contribution in [3.8, 4) is 0 Å². The lowest BCUT2D eigenvalue weighted by molar-refractivity contribution is -0.118. The lowest BCUT2D eigenvalue weighted by Crippen LogP contribution is -2.47. The summed E-state index contributed by atoms with van der Waals surface area (Å²) in [6, 6.07) is 0. The van der Waals surface area contributed by atoms with E-state index in [1.165, 1.54) is 0 Å². The Bertz CT molecular complexity index is 108. The van der Waals surface area contributed by atoms with Crippen molar-refractivity contribution < 1.29 is 10.2 Å². The molecule has 10 heavy (non-hydrogen) atoms. The van der Waals surface area contributed by atoms with Gasteiger partial charge in [0.15, 0.2) is 0 Å². The molecule has 0 aliphatic heterocycles. The first-order valence-corrected chi connectivity index (χ1v) is 3.95. The van der Waals surface area contributed by atoms with Crippen LogP contribution in [0.25, 0.3) is 0 Å². The molecule has 1 saturated carbocycles. The molecule has 0 unspecified atom stereocenters. The summed E-state index contributed by atoms with van der Waals surface area (Å²) in [6.07, 6.45) is 2.30. The van der Waals surface area contributed by atoms with Gasteiger partial charge in [0, 0.05) is 0 Å². The Labute approximate surface area is 61.9 Å². The topological polar surface area (TPSA) is 40.5 Å². The van der Waals surface area contributed by atoms with Gasteiger partial charge >= 0.3 is 0 Å². The van der Waals surface area contributed by atoms with Crippen LogP contribution in [0.3, 0.4) is 0 Å². The minimum Gasteiger partial charge on any atom is -0.390 e. The quantitative estimate of drug-likeness (QED) is 0.530. The van der Waals surface area contributed by atoms with Crippen molar-refractivity contribution >= 4 is 0 Å². The molecule has 0 radical (unpaired) electrons. The van der Waals surface area contributed by atoms with Crippen molar-refractivity contribution in [2.24, 2.45) is 5.92 Å². The monoisotopic (exact) mass is 144 g/mol. The molecule has 1 aliphatic carbocycles. The Hall–Kier alpha value is -0.0800. The van der Waals surface area contributed by atoms with E-state index in [9.17, 15) is 10.2 Å². The zero-order chi connectivity index (χ0) is 7.78. The van der Waals surface area contributed by atoms with Gasteiger partial charge in [0.1, 0.15) is 0 Å². The van der Waals surface area contributed by atoms with Crippen LogP contribution in [0.1, 0.15) is 33.1 Å². The molecule has 60 valence electrons. The van der Waals surface area contributed by atoms with Crippen LogP contribution >= 0.6 is 0 Å². The third-order valence-corrected chi connectivity index (χ3v) is 2.79. The van der Waals surface area contributed by atoms with Gasteiger partial charge in [-0.2, -0.15) is 0 Å². The van der Waals surface area contributed by atoms with Crippen LogP contribution in [0, 0.1) is 5.92 Å². The SMILES string of the molecule is C[C@H]1CCC[C@@H](O)[C@]1(C)O. The van der Waals surface area contributed by atoms with E-state index in [1.54, 1.807) is 6.92 Å². The van der Waals surface area contributed by atoms with Gasteiger partial charge in [-0.15, -0.1) is 0 Å². The van der Waals surface area contributed by atoms with E-state index in [0.717, 1.165) is 19.3 Å². The molecule has 1 aliphatic rings. The molecule has 2 nitrogen and oxygen atoms in total. The maximum atomic E-state index is 9.66. The molecule has 0 amide bonds. The van der Waals surface area contributed by atoms with Gasteiger partial charge < -0.3 is 10.2 Å². The summed E-state index contributed by atoms with van der Waals surface area (Å²) in [5.41, 5.74) is -0.849. The van der Waals surface area contributed by atoms with Crippen molar-refractivity contribution in [2.45, 2.75) is 44.8 Å². The predicted molar refractivity (Wildman–Crippen MR) is 39.6 cm³/mol. The van der Waals surface area contributed by atoms with Crippen LogP contribution in [-0.2, 0) is 0 Å². The molecular weight excluding hydrogens is 128 g/mol. The van der Waals surface area contributed by atoms with Gasteiger partial charge in [0.2, 0.25) is 0 Å². The van der Waals surface area contributed by atoms with Gasteiger partial charge in [0.25, 0.3) is 0 Å². The Morgan fingerprint density at radius 1 is 1.40 bits per heavy atom. The number of aliphatic hydroxyl groups is 2. The van der Waals surface area contributed by atoms with Gasteiger partial charge in [-0.25, -0.2) is 0 Å². The highest BCUT2D eigenvalue weighted by Crippen LogP contribution is 2.32. The summed E-state index contributed by atoms with van der Waals surface area (Å²) in [5, 5.41) is 19.0. The largest absolute Gasteiger partial charge is 0.390 e. The van der Waals surface area contributed by atoms with E-state index in [-0.39, 0.29) is 5.92 Å². The van der Waals surface area contributed by atoms with Crippen LogP contribution in [0.15, 0.2) is 0 Å². The summed E-state index contributed by atoms with van der Waals surface area (Å²) < 4.78 is 0. The molecular formula is C8H16O2. The second-order valence-corrected chi connectivity index (χ2v) is 3.57. The van der Waals surface area contributed by atoms with Crippen LogP contribution in [0.5, 0.6) is 0 Å². The molecule has 0 saturated heterocycles. The van der Waals surface area contributed by atoms with Crippen molar-refractivity contribution in [1.82, 2.24) is 0 Å². The average molecular weight is 144 g/mol. The molecule has 0 aromatic heterocycles. The molecule has 1 rings (SSSR count). The highest BCUT2D eigenvalue weighted by molar-refractivity contribution is 4.90. The molecule has 2 N–H and O–H groups in total. The molecule has 1 fully saturated rings. The minimum absolute atomic E-state index is 0.233. The summed E-state index contributed by atoms with van der Waals surface area (Å²) in [4.78, 5) is 0. The summed E-state index contributed by atoms with van der Waals surface area (Å²) in [6.45, 7) is 3.71. The fourth-order valence-corrected chi connectivity index (χ4v) is 1.53. The van der Waals surface area contributed by atoms with E-state index < -0.39 is 11.7 Å². The van der Waals surface area contributed by atoms with Crippen LogP contribution in [-0.4, -0.2) is 21.9 Å². The van der Waals surface area contributed by atoms with Crippen molar-refractivity contribution in [2.75, 3.05) is 0 Å². The number of rotatable bonds is 0. The summed E-state index contributed by atoms with van der Waals surface area (Å²) in [7, 11) is 0. The first-order chi connectivity index (χ1) is 4.55. The fraction of sp³-hybridized carbons (Fsp3) is 1.00. The smallest absolute Gasteiger partial charge is 0.0902 e. The lowest BCUT2D eigenvalue weighted by atomic mass is 9.76. The van der Waals surface area contributed by atoms with Crippen molar-refractivity contribution in [3.63, 3.8) is 0 Å². The van der Waals surface area contributed by atoms with Crippen LogP contribution in [0.2, 0.25) is 0 Å². The normalized spacial score (nSPS) is 49.2. The maximum Gasteiger partial charge on any atom is 0.0902 e. The highest BCUT2D eigenvalue weighted by Gasteiger charge is 2.38. The van der Waals surface area contributed by atoms with Gasteiger partial charge in [-0.1, -0.05) is 13.3 Å². The Morgan fingerprint density at radius 2 is 2.00 bits per heavy atom. The number of aliphatic hydroxyl groups excluding tert-OH is 1. The van der Waals surface area contributed by atoms with Crippen LogP contribution < -0.4 is 0 Å². The summed E-state index contributed by atoms with van der Waals surface area (Å²) >= 11 is 0. The Kier molecular flexibility index (Phi) is 2.02. The van der Waals surface area contributed by atoms with Gasteiger partial charge in [0.05, 0.1) is 11.7 Å². The molecule has 2 heteroatoms. The second-order valence-electron chi connectivity index (χ2n) is 3.57. The highest BCUT2D eigenvalue weighted by atomic mass is 16.3. The Balaban J connectivity index is 2.63. The standard InChI is InChI=1S/C8H16O2/c1-6-4-3-5-7(9)8(6,2)10/h6-7,9-10H,3-5H2,1-2H3/t6-,7+,8+/m0/s1. The van der Waals surface area contributed by atoms with E-state index in [4.69, 9.17) is 0 Å². The van der Waals surface area contributed by atoms with Gasteiger partial charge in [-0.3, -0.25) is 0 Å². The van der Waals surface area contributed by atoms with E-state index in [0.29, 0.717) is 0 Å². The van der Waals surface area contributed by atoms with Crippen molar-refractivity contribution in [3.05, 3.63) is 0 Å². The molecule has 0 spiro atoms. The zero-order valence-corrected chi connectivity index (χ0v) is 6.67. The molecule has 0 heterocycles. The number of hydrogen-bond acceptors (Lipinski definition) is 2. The second kappa shape index (κ2) is 2.51. The van der Waals surface area contributed by atoms with E-state index in [1.807, 2.05) is 6.92 Å². The van der Waals surface area contributed by atoms with E-state index >= 15 is 0 Å². The fourth-order valence-electron chi connectivity index (χ4n) is 1.53. The molecule has 3 atom stereocenters. The molecule has 0 bridgehead atoms. The minimum atomic E-state index is -0.849. The molecule has 0 aromatic carbocycles.